The van der Waals surface area contributed by atoms with E-state index in [2.05, 4.69) is 199 Å². The van der Waals surface area contributed by atoms with Crippen LogP contribution in [0.5, 0.6) is 5.75 Å². The van der Waals surface area contributed by atoms with Crippen molar-refractivity contribution in [1.82, 2.24) is 14.5 Å². The number of phenolic OH excluding ortho intramolecular Hbond substituents is 1. The number of imidazole rings is 1. The molecule has 8 aromatic rings. The van der Waals surface area contributed by atoms with Crippen LogP contribution in [0, 0.1) is 6.07 Å². The summed E-state index contributed by atoms with van der Waals surface area (Å²) in [6.07, 6.45) is 1.88. The van der Waals surface area contributed by atoms with Gasteiger partial charge >= 0.3 is 0 Å². The Morgan fingerprint density at radius 3 is 1.83 bits per heavy atom. The molecule has 4 nitrogen and oxygen atoms in total. The Balaban J connectivity index is 0.00000528. The van der Waals surface area contributed by atoms with Crippen LogP contribution in [-0.2, 0) is 44.4 Å². The van der Waals surface area contributed by atoms with Gasteiger partial charge in [-0.25, -0.2) is 4.98 Å². The molecular formula is C54H52N3OPt-. The van der Waals surface area contributed by atoms with E-state index in [0.717, 1.165) is 78.2 Å². The Morgan fingerprint density at radius 2 is 1.17 bits per heavy atom. The second kappa shape index (κ2) is 15.9. The molecule has 2 aromatic heterocycles. The van der Waals surface area contributed by atoms with Gasteiger partial charge in [-0.05, 0) is 62.4 Å². The molecule has 0 unspecified atom stereocenters. The normalized spacial score (nSPS) is 12.1. The molecule has 0 aliphatic heterocycles. The molecule has 5 heteroatoms. The van der Waals surface area contributed by atoms with Gasteiger partial charge in [-0.1, -0.05) is 181 Å². The summed E-state index contributed by atoms with van der Waals surface area (Å²) in [6.45, 7) is 17.6. The molecule has 0 bridgehead atoms. The van der Waals surface area contributed by atoms with Crippen LogP contribution in [0.15, 0.2) is 146 Å². The number of nitrogens with zero attached hydrogens (tertiary/aromatic N) is 3. The number of aromatic nitrogens is 3. The van der Waals surface area contributed by atoms with Crippen molar-refractivity contribution in [1.29, 1.82) is 0 Å². The first-order valence-electron chi connectivity index (χ1n) is 20.2. The van der Waals surface area contributed by atoms with Gasteiger partial charge in [0.15, 0.2) is 0 Å². The fourth-order valence-corrected chi connectivity index (χ4v) is 7.99. The van der Waals surface area contributed by atoms with Crippen LogP contribution in [-0.4, -0.2) is 19.6 Å². The zero-order valence-corrected chi connectivity index (χ0v) is 37.7. The van der Waals surface area contributed by atoms with Gasteiger partial charge in [-0.3, -0.25) is 4.98 Å². The van der Waals surface area contributed by atoms with Crippen molar-refractivity contribution in [3.05, 3.63) is 174 Å². The quantitative estimate of drug-likeness (QED) is 0.162. The molecule has 300 valence electrons. The minimum Gasteiger partial charge on any atom is -0.507 e. The largest absolute Gasteiger partial charge is 0.507 e. The molecule has 0 radical (unpaired) electrons. The Hall–Kier alpha value is -5.57. The monoisotopic (exact) mass is 953 g/mol. The van der Waals surface area contributed by atoms with E-state index in [4.69, 9.17) is 9.97 Å². The van der Waals surface area contributed by atoms with Gasteiger partial charge in [-0.15, -0.1) is 23.8 Å². The van der Waals surface area contributed by atoms with Crippen LogP contribution in [0.1, 0.15) is 77.6 Å². The summed E-state index contributed by atoms with van der Waals surface area (Å²) in [7, 11) is 2.04. The predicted molar refractivity (Wildman–Crippen MR) is 242 cm³/mol. The molecule has 1 N–H and O–H groups in total. The summed E-state index contributed by atoms with van der Waals surface area (Å²) in [5.74, 6) is 1.00. The topological polar surface area (TPSA) is 50.9 Å². The van der Waals surface area contributed by atoms with Crippen molar-refractivity contribution in [2.24, 2.45) is 7.05 Å². The van der Waals surface area contributed by atoms with Gasteiger partial charge in [0, 0.05) is 51.0 Å². The molecule has 0 saturated heterocycles. The van der Waals surface area contributed by atoms with Crippen LogP contribution >= 0.6 is 0 Å². The van der Waals surface area contributed by atoms with E-state index < -0.39 is 0 Å². The Kier molecular flexibility index (Phi) is 11.2. The second-order valence-corrected chi connectivity index (χ2v) is 18.1. The summed E-state index contributed by atoms with van der Waals surface area (Å²) in [5, 5.41) is 11.9. The van der Waals surface area contributed by atoms with Gasteiger partial charge < -0.3 is 9.67 Å². The molecule has 59 heavy (non-hydrogen) atoms. The van der Waals surface area contributed by atoms with E-state index in [1.54, 1.807) is 0 Å². The summed E-state index contributed by atoms with van der Waals surface area (Å²) in [6, 6.07) is 53.1. The fraction of sp³-hybridized carbons (Fsp3) is 0.222. The van der Waals surface area contributed by atoms with Gasteiger partial charge in [0.25, 0.3) is 0 Å². The number of para-hydroxylation sites is 1. The molecule has 0 fully saturated rings. The number of pyridine rings is 1. The molecule has 2 heterocycles. The van der Waals surface area contributed by atoms with Crippen molar-refractivity contribution in [2.75, 3.05) is 0 Å². The number of aromatic hydroxyl groups is 1. The first kappa shape index (κ1) is 41.6. The van der Waals surface area contributed by atoms with E-state index >= 15 is 0 Å². The maximum atomic E-state index is 11.9. The van der Waals surface area contributed by atoms with E-state index in [-0.39, 0.29) is 43.1 Å². The van der Waals surface area contributed by atoms with Crippen molar-refractivity contribution in [3.63, 3.8) is 0 Å². The molecule has 6 aromatic carbocycles. The molecule has 0 amide bonds. The third kappa shape index (κ3) is 8.08. The van der Waals surface area contributed by atoms with E-state index in [1.807, 2.05) is 19.3 Å². The van der Waals surface area contributed by atoms with Gasteiger partial charge in [0.1, 0.15) is 11.6 Å². The van der Waals surface area contributed by atoms with Crippen molar-refractivity contribution < 1.29 is 26.2 Å². The molecule has 8 rings (SSSR count). The number of phenols is 1. The van der Waals surface area contributed by atoms with Crippen LogP contribution < -0.4 is 0 Å². The van der Waals surface area contributed by atoms with Crippen molar-refractivity contribution in [2.45, 2.75) is 71.6 Å². The van der Waals surface area contributed by atoms with Gasteiger partial charge in [0.05, 0.1) is 16.6 Å². The average Bonchev–Trinajstić information content (AvgIpc) is 3.56. The SMILES string of the molecule is Cn1c(-c2cc(C(C)(C)C)cc(C(C)(C)C)c2O)nc2c(-c3[c-]c(-c4cc(-c5ccccc5)ccn4)cc(-c4ccc(C(C)(C)c5ccccc5)cc4)c3)cccc21.[Pt]. The zero-order chi connectivity index (χ0) is 41.0. The van der Waals surface area contributed by atoms with Crippen LogP contribution in [0.25, 0.3) is 67.1 Å². The number of rotatable bonds is 7. The Morgan fingerprint density at radius 1 is 0.542 bits per heavy atom. The number of fused-ring (bicyclic) bond motifs is 1. The number of benzene rings is 6. The standard InChI is InChI=1S/C54H52N3O.Pt/c1-52(2,3)43-33-45(50(58)46(34-43)53(4,5)6)51-56-49-44(21-16-22-48(49)57(51)9)39-29-38(36-23-25-42(26-24-36)54(7,8)41-19-14-11-15-20-41)30-40(31-39)47-32-37(27-28-55-47)35-17-12-10-13-18-35;/h10-30,32-34,58H,1-9H3;/q-1;. The maximum absolute atomic E-state index is 11.9. The van der Waals surface area contributed by atoms with Crippen molar-refractivity contribution in [3.8, 4) is 61.8 Å². The number of aryl methyl sites for hydroxylation is 1. The van der Waals surface area contributed by atoms with E-state index in [9.17, 15) is 5.11 Å². The molecule has 0 saturated carbocycles. The first-order valence-corrected chi connectivity index (χ1v) is 20.2. The minimum atomic E-state index is -0.261. The van der Waals surface area contributed by atoms with E-state index in [0.29, 0.717) is 0 Å². The van der Waals surface area contributed by atoms with Crippen LogP contribution in [0.4, 0.5) is 0 Å². The Bertz CT molecular complexity index is 2770. The molecule has 0 aliphatic rings. The van der Waals surface area contributed by atoms with Gasteiger partial charge in [0.2, 0.25) is 0 Å². The number of hydrogen-bond donors (Lipinski definition) is 1. The van der Waals surface area contributed by atoms with E-state index in [1.165, 1.54) is 11.1 Å². The van der Waals surface area contributed by atoms with Gasteiger partial charge in [-0.2, -0.15) is 0 Å². The predicted octanol–water partition coefficient (Wildman–Crippen LogP) is 13.7. The average molecular weight is 954 g/mol. The summed E-state index contributed by atoms with van der Waals surface area (Å²) < 4.78 is 2.11. The summed E-state index contributed by atoms with van der Waals surface area (Å²) in [5.41, 5.74) is 14.7. The third-order valence-corrected chi connectivity index (χ3v) is 11.7. The smallest absolute Gasteiger partial charge is 0.143 e. The fourth-order valence-electron chi connectivity index (χ4n) is 7.99. The summed E-state index contributed by atoms with van der Waals surface area (Å²) in [4.78, 5) is 10.3. The zero-order valence-electron chi connectivity index (χ0n) is 35.5. The third-order valence-electron chi connectivity index (χ3n) is 11.7. The van der Waals surface area contributed by atoms with Crippen LogP contribution in [0.2, 0.25) is 0 Å². The molecule has 0 spiro atoms. The molecule has 0 aliphatic carbocycles. The minimum absolute atomic E-state index is 0. The first-order chi connectivity index (χ1) is 27.6. The maximum Gasteiger partial charge on any atom is 0.143 e. The Labute approximate surface area is 364 Å². The molecule has 0 atom stereocenters. The van der Waals surface area contributed by atoms with Crippen LogP contribution in [0.3, 0.4) is 0 Å². The number of hydrogen-bond acceptors (Lipinski definition) is 3. The second-order valence-electron chi connectivity index (χ2n) is 18.1. The summed E-state index contributed by atoms with van der Waals surface area (Å²) >= 11 is 0. The molecular weight excluding hydrogens is 902 g/mol. The van der Waals surface area contributed by atoms with Crippen molar-refractivity contribution >= 4 is 11.0 Å².